The predicted molar refractivity (Wildman–Crippen MR) is 75.3 cm³/mol. The van der Waals surface area contributed by atoms with Crippen molar-refractivity contribution in [2.45, 2.75) is 26.4 Å². The molecule has 0 atom stereocenters. The summed E-state index contributed by atoms with van der Waals surface area (Å²) in [4.78, 5) is 18.5. The Labute approximate surface area is 111 Å². The lowest BCUT2D eigenvalue weighted by atomic mass is 10.2. The van der Waals surface area contributed by atoms with Crippen LogP contribution in [0.2, 0.25) is 0 Å². The number of hydrogen-bond acceptors (Lipinski definition) is 4. The lowest BCUT2D eigenvalue weighted by molar-refractivity contribution is 0.112. The van der Waals surface area contributed by atoms with Gasteiger partial charge < -0.3 is 4.90 Å². The molecule has 3 nitrogen and oxygen atoms in total. The van der Waals surface area contributed by atoms with Crippen molar-refractivity contribution in [2.75, 3.05) is 4.90 Å². The number of carbonyl (C=O) groups is 1. The second kappa shape index (κ2) is 5.78. The monoisotopic (exact) mass is 260 g/mol. The summed E-state index contributed by atoms with van der Waals surface area (Å²) in [6.45, 7) is 5.13. The van der Waals surface area contributed by atoms with Crippen molar-refractivity contribution in [1.82, 2.24) is 4.98 Å². The Hall–Kier alpha value is -1.68. The molecule has 0 amide bonds. The Morgan fingerprint density at radius 3 is 2.72 bits per heavy atom. The van der Waals surface area contributed by atoms with Crippen molar-refractivity contribution in [3.8, 4) is 0 Å². The van der Waals surface area contributed by atoms with Gasteiger partial charge in [-0.25, -0.2) is 4.98 Å². The molecule has 18 heavy (non-hydrogen) atoms. The maximum absolute atomic E-state index is 10.6. The van der Waals surface area contributed by atoms with E-state index in [2.05, 4.69) is 41.2 Å². The van der Waals surface area contributed by atoms with E-state index in [1.54, 1.807) is 23.6 Å². The Morgan fingerprint density at radius 1 is 1.39 bits per heavy atom. The van der Waals surface area contributed by atoms with E-state index in [-0.39, 0.29) is 0 Å². The van der Waals surface area contributed by atoms with Gasteiger partial charge in [0.25, 0.3) is 0 Å². The molecule has 0 radical (unpaired) electrons. The molecule has 0 spiro atoms. The number of thiophene rings is 1. The van der Waals surface area contributed by atoms with Gasteiger partial charge in [0.1, 0.15) is 5.82 Å². The van der Waals surface area contributed by atoms with Gasteiger partial charge in [0, 0.05) is 22.7 Å². The highest BCUT2D eigenvalue weighted by atomic mass is 32.1. The van der Waals surface area contributed by atoms with Crippen LogP contribution < -0.4 is 4.90 Å². The zero-order valence-electron chi connectivity index (χ0n) is 10.5. The lowest BCUT2D eigenvalue weighted by Gasteiger charge is -2.27. The third-order valence-corrected chi connectivity index (χ3v) is 3.59. The molecule has 0 saturated carbocycles. The first kappa shape index (κ1) is 12.8. The first-order valence-corrected chi connectivity index (χ1v) is 6.79. The molecular weight excluding hydrogens is 244 g/mol. The summed E-state index contributed by atoms with van der Waals surface area (Å²) < 4.78 is 0. The first-order valence-electron chi connectivity index (χ1n) is 5.91. The number of hydrogen-bond donors (Lipinski definition) is 0. The summed E-state index contributed by atoms with van der Waals surface area (Å²) in [7, 11) is 0. The van der Waals surface area contributed by atoms with E-state index >= 15 is 0 Å². The van der Waals surface area contributed by atoms with Crippen molar-refractivity contribution >= 4 is 23.4 Å². The summed E-state index contributed by atoms with van der Waals surface area (Å²) in [5, 5.41) is 2.08. The fraction of sp³-hybridized carbons (Fsp3) is 0.286. The molecule has 0 fully saturated rings. The standard InChI is InChI=1S/C14H16N2OS/c1-11(2)16(9-13-4-3-7-18-13)14-6-5-12(10-17)8-15-14/h3-8,10-11H,9H2,1-2H3. The van der Waals surface area contributed by atoms with Gasteiger partial charge in [0.15, 0.2) is 6.29 Å². The molecule has 0 N–H and O–H groups in total. The molecule has 0 bridgehead atoms. The third-order valence-electron chi connectivity index (χ3n) is 2.73. The summed E-state index contributed by atoms with van der Waals surface area (Å²) in [6.07, 6.45) is 2.43. The first-order chi connectivity index (χ1) is 8.70. The van der Waals surface area contributed by atoms with E-state index in [0.29, 0.717) is 11.6 Å². The van der Waals surface area contributed by atoms with E-state index in [4.69, 9.17) is 0 Å². The minimum absolute atomic E-state index is 0.363. The minimum atomic E-state index is 0.363. The van der Waals surface area contributed by atoms with Crippen LogP contribution >= 0.6 is 11.3 Å². The SMILES string of the molecule is CC(C)N(Cc1cccs1)c1ccc(C=O)cn1. The Morgan fingerprint density at radius 2 is 2.22 bits per heavy atom. The summed E-state index contributed by atoms with van der Waals surface area (Å²) in [5.74, 6) is 0.906. The van der Waals surface area contributed by atoms with E-state index in [1.165, 1.54) is 4.88 Å². The molecular formula is C14H16N2OS. The second-order valence-corrected chi connectivity index (χ2v) is 5.40. The highest BCUT2D eigenvalue weighted by Crippen LogP contribution is 2.20. The van der Waals surface area contributed by atoms with Crippen molar-refractivity contribution in [1.29, 1.82) is 0 Å². The predicted octanol–water partition coefficient (Wildman–Crippen LogP) is 3.37. The fourth-order valence-electron chi connectivity index (χ4n) is 1.74. The molecule has 0 unspecified atom stereocenters. The minimum Gasteiger partial charge on any atom is -0.349 e. The summed E-state index contributed by atoms with van der Waals surface area (Å²) in [5.41, 5.74) is 0.610. The van der Waals surface area contributed by atoms with E-state index < -0.39 is 0 Å². The van der Waals surface area contributed by atoms with E-state index in [9.17, 15) is 4.79 Å². The second-order valence-electron chi connectivity index (χ2n) is 4.37. The molecule has 0 aliphatic carbocycles. The molecule has 2 rings (SSSR count). The smallest absolute Gasteiger partial charge is 0.151 e. The molecule has 0 aliphatic rings. The van der Waals surface area contributed by atoms with Crippen molar-refractivity contribution in [2.24, 2.45) is 0 Å². The van der Waals surface area contributed by atoms with E-state index in [0.717, 1.165) is 18.6 Å². The van der Waals surface area contributed by atoms with Crippen molar-refractivity contribution in [3.63, 3.8) is 0 Å². The Balaban J connectivity index is 2.20. The number of aromatic nitrogens is 1. The topological polar surface area (TPSA) is 33.2 Å². The molecule has 2 aromatic heterocycles. The molecule has 2 aromatic rings. The zero-order chi connectivity index (χ0) is 13.0. The van der Waals surface area contributed by atoms with Crippen molar-refractivity contribution in [3.05, 3.63) is 46.3 Å². The van der Waals surface area contributed by atoms with Gasteiger partial charge in [-0.2, -0.15) is 0 Å². The van der Waals surface area contributed by atoms with Crippen LogP contribution in [-0.2, 0) is 6.54 Å². The Kier molecular flexibility index (Phi) is 4.10. The van der Waals surface area contributed by atoms with E-state index in [1.807, 2.05) is 6.07 Å². The quantitative estimate of drug-likeness (QED) is 0.773. The number of anilines is 1. The number of carbonyl (C=O) groups excluding carboxylic acids is 1. The Bertz CT molecular complexity index is 491. The van der Waals surface area contributed by atoms with Gasteiger partial charge in [0.05, 0.1) is 6.54 Å². The highest BCUT2D eigenvalue weighted by molar-refractivity contribution is 7.09. The lowest BCUT2D eigenvalue weighted by Crippen LogP contribution is -2.30. The maximum Gasteiger partial charge on any atom is 0.151 e. The summed E-state index contributed by atoms with van der Waals surface area (Å²) >= 11 is 1.75. The third kappa shape index (κ3) is 2.96. The van der Waals surface area contributed by atoms with Crippen LogP contribution in [0.3, 0.4) is 0 Å². The molecule has 2 heterocycles. The fourth-order valence-corrected chi connectivity index (χ4v) is 2.44. The van der Waals surface area contributed by atoms with Crippen LogP contribution in [0.4, 0.5) is 5.82 Å². The van der Waals surface area contributed by atoms with Gasteiger partial charge in [-0.05, 0) is 37.4 Å². The van der Waals surface area contributed by atoms with Gasteiger partial charge in [0.2, 0.25) is 0 Å². The average Bonchev–Trinajstić information content (AvgIpc) is 2.89. The van der Waals surface area contributed by atoms with Crippen LogP contribution in [0.25, 0.3) is 0 Å². The average molecular weight is 260 g/mol. The zero-order valence-corrected chi connectivity index (χ0v) is 11.4. The number of aldehydes is 1. The molecule has 0 aromatic carbocycles. The van der Waals surface area contributed by atoms with Gasteiger partial charge >= 0.3 is 0 Å². The molecule has 4 heteroatoms. The molecule has 0 saturated heterocycles. The van der Waals surface area contributed by atoms with Crippen LogP contribution in [0.1, 0.15) is 29.1 Å². The van der Waals surface area contributed by atoms with Gasteiger partial charge in [-0.1, -0.05) is 6.07 Å². The van der Waals surface area contributed by atoms with Gasteiger partial charge in [-0.15, -0.1) is 11.3 Å². The molecule has 94 valence electrons. The number of rotatable bonds is 5. The van der Waals surface area contributed by atoms with Crippen LogP contribution in [-0.4, -0.2) is 17.3 Å². The largest absolute Gasteiger partial charge is 0.349 e. The number of pyridine rings is 1. The maximum atomic E-state index is 10.6. The highest BCUT2D eigenvalue weighted by Gasteiger charge is 2.12. The summed E-state index contributed by atoms with van der Waals surface area (Å²) in [6, 6.07) is 8.25. The van der Waals surface area contributed by atoms with Crippen LogP contribution in [0.15, 0.2) is 35.8 Å². The molecule has 0 aliphatic heterocycles. The number of nitrogens with zero attached hydrogens (tertiary/aromatic N) is 2. The van der Waals surface area contributed by atoms with Gasteiger partial charge in [-0.3, -0.25) is 4.79 Å². The van der Waals surface area contributed by atoms with Crippen LogP contribution in [0, 0.1) is 0 Å². The normalized spacial score (nSPS) is 10.6. The van der Waals surface area contributed by atoms with Crippen LogP contribution in [0.5, 0.6) is 0 Å². The van der Waals surface area contributed by atoms with Crippen molar-refractivity contribution < 1.29 is 4.79 Å².